The summed E-state index contributed by atoms with van der Waals surface area (Å²) in [6.07, 6.45) is 0.764. The van der Waals surface area contributed by atoms with Crippen LogP contribution < -0.4 is 5.32 Å². The second-order valence-corrected chi connectivity index (χ2v) is 3.74. The Balaban J connectivity index is 2.21. The molecule has 0 bridgehead atoms. The second-order valence-electron chi connectivity index (χ2n) is 3.06. The summed E-state index contributed by atoms with van der Waals surface area (Å²) >= 11 is 11.3. The summed E-state index contributed by atoms with van der Waals surface area (Å²) in [6.45, 7) is 0. The van der Waals surface area contributed by atoms with Crippen LogP contribution in [0.2, 0.25) is 10.6 Å². The minimum Gasteiger partial charge on any atom is -0.324 e. The van der Waals surface area contributed by atoms with Gasteiger partial charge in [-0.15, -0.1) is 0 Å². The highest BCUT2D eigenvalue weighted by Crippen LogP contribution is 2.16. The van der Waals surface area contributed by atoms with Crippen molar-refractivity contribution in [1.82, 2.24) is 15.0 Å². The van der Waals surface area contributed by atoms with Crippen LogP contribution >= 0.6 is 23.2 Å². The summed E-state index contributed by atoms with van der Waals surface area (Å²) in [5, 5.41) is 2.91. The number of aldehydes is 1. The molecule has 1 aromatic heterocycles. The van der Waals surface area contributed by atoms with Gasteiger partial charge in [-0.05, 0) is 47.5 Å². The summed E-state index contributed by atoms with van der Waals surface area (Å²) in [4.78, 5) is 21.8. The highest BCUT2D eigenvalue weighted by Gasteiger charge is 2.03. The number of nitrogens with one attached hydrogen (secondary N) is 1. The normalized spacial score (nSPS) is 10.0. The summed E-state index contributed by atoms with van der Waals surface area (Å²) in [5.74, 6) is 0.244. The fourth-order valence-corrected chi connectivity index (χ4v) is 1.52. The van der Waals surface area contributed by atoms with E-state index in [1.165, 1.54) is 0 Å². The van der Waals surface area contributed by atoms with Gasteiger partial charge < -0.3 is 5.32 Å². The molecule has 0 aliphatic heterocycles. The highest BCUT2D eigenvalue weighted by atomic mass is 35.5. The predicted octanol–water partition coefficient (Wildman–Crippen LogP) is 2.73. The van der Waals surface area contributed by atoms with E-state index in [0.717, 1.165) is 6.29 Å². The number of nitrogens with zero attached hydrogens (tertiary/aromatic N) is 3. The molecule has 1 aromatic carbocycles. The zero-order chi connectivity index (χ0) is 12.3. The maximum Gasteiger partial charge on any atom is 0.232 e. The largest absolute Gasteiger partial charge is 0.324 e. The topological polar surface area (TPSA) is 67.8 Å². The lowest BCUT2D eigenvalue weighted by molar-refractivity contribution is 0.112. The summed E-state index contributed by atoms with van der Waals surface area (Å²) in [5.41, 5.74) is 1.30. The molecular weight excluding hydrogens is 263 g/mol. The van der Waals surface area contributed by atoms with E-state index >= 15 is 0 Å². The summed E-state index contributed by atoms with van der Waals surface area (Å²) in [6, 6.07) is 6.77. The molecule has 7 heteroatoms. The number of hydrogen-bond donors (Lipinski definition) is 1. The lowest BCUT2D eigenvalue weighted by atomic mass is 10.2. The Labute approximate surface area is 107 Å². The van der Waals surface area contributed by atoms with Crippen LogP contribution in [-0.4, -0.2) is 21.2 Å². The van der Waals surface area contributed by atoms with Crippen molar-refractivity contribution in [3.63, 3.8) is 0 Å². The van der Waals surface area contributed by atoms with E-state index in [1.807, 2.05) is 0 Å². The molecule has 1 heterocycles. The molecule has 0 spiro atoms. The van der Waals surface area contributed by atoms with Gasteiger partial charge in [0.05, 0.1) is 0 Å². The molecule has 0 radical (unpaired) electrons. The van der Waals surface area contributed by atoms with Gasteiger partial charge in [0.15, 0.2) is 0 Å². The molecule has 86 valence electrons. The zero-order valence-corrected chi connectivity index (χ0v) is 9.90. The van der Waals surface area contributed by atoms with Gasteiger partial charge in [-0.25, -0.2) is 0 Å². The molecule has 0 amide bonds. The van der Waals surface area contributed by atoms with Gasteiger partial charge in [-0.1, -0.05) is 0 Å². The van der Waals surface area contributed by atoms with Crippen molar-refractivity contribution in [2.24, 2.45) is 0 Å². The van der Waals surface area contributed by atoms with E-state index in [1.54, 1.807) is 24.3 Å². The minimum atomic E-state index is 0.0111. The van der Waals surface area contributed by atoms with Gasteiger partial charge in [0.2, 0.25) is 16.5 Å². The Kier molecular flexibility index (Phi) is 3.51. The van der Waals surface area contributed by atoms with Crippen LogP contribution in [0.25, 0.3) is 0 Å². The number of carbonyl (C=O) groups excluding carboxylic acids is 1. The number of rotatable bonds is 3. The quantitative estimate of drug-likeness (QED) is 0.867. The Hall–Kier alpha value is -1.72. The van der Waals surface area contributed by atoms with Crippen molar-refractivity contribution < 1.29 is 4.79 Å². The first-order chi connectivity index (χ1) is 8.17. The fourth-order valence-electron chi connectivity index (χ4n) is 1.16. The molecule has 0 aliphatic carbocycles. The number of aromatic nitrogens is 3. The van der Waals surface area contributed by atoms with E-state index in [9.17, 15) is 4.79 Å². The number of benzene rings is 1. The molecule has 0 fully saturated rings. The van der Waals surface area contributed by atoms with E-state index in [4.69, 9.17) is 23.2 Å². The summed E-state index contributed by atoms with van der Waals surface area (Å²) in [7, 11) is 0. The van der Waals surface area contributed by atoms with Gasteiger partial charge in [-0.2, -0.15) is 15.0 Å². The standard InChI is InChI=1S/C10H6Cl2N4O/c11-8-14-9(12)16-10(15-8)13-7-3-1-6(5-17)2-4-7/h1-5H,(H,13,14,15,16). The van der Waals surface area contributed by atoms with Crippen LogP contribution in [-0.2, 0) is 0 Å². The molecular formula is C10H6Cl2N4O. The van der Waals surface area contributed by atoms with Crippen molar-refractivity contribution in [1.29, 1.82) is 0 Å². The molecule has 0 unspecified atom stereocenters. The average Bonchev–Trinajstić information content (AvgIpc) is 2.28. The molecule has 0 saturated carbocycles. The molecule has 2 rings (SSSR count). The Morgan fingerprint density at radius 2 is 1.59 bits per heavy atom. The molecule has 0 aliphatic rings. The van der Waals surface area contributed by atoms with Crippen molar-refractivity contribution >= 4 is 41.1 Å². The molecule has 1 N–H and O–H groups in total. The molecule has 17 heavy (non-hydrogen) atoms. The van der Waals surface area contributed by atoms with Gasteiger partial charge in [-0.3, -0.25) is 4.79 Å². The van der Waals surface area contributed by atoms with E-state index in [-0.39, 0.29) is 16.5 Å². The number of anilines is 2. The minimum absolute atomic E-state index is 0.0111. The van der Waals surface area contributed by atoms with E-state index in [2.05, 4.69) is 20.3 Å². The first-order valence-electron chi connectivity index (χ1n) is 4.57. The zero-order valence-electron chi connectivity index (χ0n) is 8.39. The van der Waals surface area contributed by atoms with Crippen LogP contribution in [0.5, 0.6) is 0 Å². The fraction of sp³-hybridized carbons (Fsp3) is 0. The van der Waals surface area contributed by atoms with Gasteiger partial charge in [0.1, 0.15) is 6.29 Å². The van der Waals surface area contributed by atoms with Crippen molar-refractivity contribution in [3.8, 4) is 0 Å². The van der Waals surface area contributed by atoms with Crippen LogP contribution in [0, 0.1) is 0 Å². The van der Waals surface area contributed by atoms with Crippen molar-refractivity contribution in [2.45, 2.75) is 0 Å². The van der Waals surface area contributed by atoms with Crippen LogP contribution in [0.15, 0.2) is 24.3 Å². The maximum absolute atomic E-state index is 10.5. The van der Waals surface area contributed by atoms with Crippen molar-refractivity contribution in [2.75, 3.05) is 5.32 Å². The first kappa shape index (κ1) is 11.8. The summed E-state index contributed by atoms with van der Waals surface area (Å²) < 4.78 is 0. The number of halogens is 2. The lowest BCUT2D eigenvalue weighted by Gasteiger charge is -2.04. The van der Waals surface area contributed by atoms with Gasteiger partial charge in [0.25, 0.3) is 0 Å². The number of hydrogen-bond acceptors (Lipinski definition) is 5. The third-order valence-electron chi connectivity index (χ3n) is 1.88. The SMILES string of the molecule is O=Cc1ccc(Nc2nc(Cl)nc(Cl)n2)cc1. The lowest BCUT2D eigenvalue weighted by Crippen LogP contribution is -1.99. The number of carbonyl (C=O) groups is 1. The Morgan fingerprint density at radius 1 is 1.00 bits per heavy atom. The van der Waals surface area contributed by atoms with E-state index in [0.29, 0.717) is 11.3 Å². The van der Waals surface area contributed by atoms with Crippen LogP contribution in [0.1, 0.15) is 10.4 Å². The Bertz CT molecular complexity index is 524. The monoisotopic (exact) mass is 268 g/mol. The van der Waals surface area contributed by atoms with E-state index < -0.39 is 0 Å². The third kappa shape index (κ3) is 3.12. The Morgan fingerprint density at radius 3 is 2.12 bits per heavy atom. The molecule has 2 aromatic rings. The molecule has 5 nitrogen and oxygen atoms in total. The first-order valence-corrected chi connectivity index (χ1v) is 5.32. The van der Waals surface area contributed by atoms with Crippen LogP contribution in [0.4, 0.5) is 11.6 Å². The second kappa shape index (κ2) is 5.07. The molecule has 0 atom stereocenters. The van der Waals surface area contributed by atoms with Gasteiger partial charge in [0, 0.05) is 11.3 Å². The smallest absolute Gasteiger partial charge is 0.232 e. The molecule has 0 saturated heterocycles. The predicted molar refractivity (Wildman–Crippen MR) is 65.0 cm³/mol. The van der Waals surface area contributed by atoms with Crippen molar-refractivity contribution in [3.05, 3.63) is 40.4 Å². The highest BCUT2D eigenvalue weighted by molar-refractivity contribution is 6.31. The van der Waals surface area contributed by atoms with Crippen LogP contribution in [0.3, 0.4) is 0 Å². The van der Waals surface area contributed by atoms with Gasteiger partial charge >= 0.3 is 0 Å². The maximum atomic E-state index is 10.5. The third-order valence-corrected chi connectivity index (χ3v) is 2.22. The average molecular weight is 269 g/mol.